The summed E-state index contributed by atoms with van der Waals surface area (Å²) in [6.07, 6.45) is 2.45. The second-order valence-electron chi connectivity index (χ2n) is 4.90. The highest BCUT2D eigenvalue weighted by Crippen LogP contribution is 2.38. The number of carboxylic acid groups (broad SMARTS) is 1. The van der Waals surface area contributed by atoms with Crippen molar-refractivity contribution in [2.45, 2.75) is 12.8 Å². The Morgan fingerprint density at radius 3 is 2.65 bits per heavy atom. The van der Waals surface area contributed by atoms with Gasteiger partial charge in [-0.3, -0.25) is 4.90 Å². The molecule has 3 rings (SSSR count). The molecule has 2 aliphatic rings. The van der Waals surface area contributed by atoms with Gasteiger partial charge in [0, 0.05) is 18.7 Å². The predicted molar refractivity (Wildman–Crippen MR) is 70.7 cm³/mol. The van der Waals surface area contributed by atoms with Crippen molar-refractivity contribution in [1.29, 1.82) is 0 Å². The molecule has 20 heavy (non-hydrogen) atoms. The van der Waals surface area contributed by atoms with Crippen molar-refractivity contribution in [2.24, 2.45) is 0 Å². The third-order valence-corrected chi connectivity index (χ3v) is 3.57. The number of nitrogens with zero attached hydrogens (tertiary/aromatic N) is 1. The van der Waals surface area contributed by atoms with Crippen LogP contribution in [0.3, 0.4) is 0 Å². The Labute approximate surface area is 116 Å². The first kappa shape index (κ1) is 13.1. The van der Waals surface area contributed by atoms with E-state index in [0.29, 0.717) is 23.9 Å². The monoisotopic (exact) mass is 279 g/mol. The smallest absolute Gasteiger partial charge is 0.339 e. The van der Waals surface area contributed by atoms with Crippen molar-refractivity contribution >= 4 is 5.97 Å². The van der Waals surface area contributed by atoms with Crippen LogP contribution in [0, 0.1) is 0 Å². The van der Waals surface area contributed by atoms with Crippen LogP contribution in [0.4, 0.5) is 0 Å². The third kappa shape index (κ3) is 2.65. The molecule has 0 unspecified atom stereocenters. The van der Waals surface area contributed by atoms with Crippen LogP contribution in [0.5, 0.6) is 17.2 Å². The van der Waals surface area contributed by atoms with Gasteiger partial charge >= 0.3 is 5.97 Å². The lowest BCUT2D eigenvalue weighted by Gasteiger charge is -2.16. The fraction of sp³-hybridized carbons (Fsp3) is 0.500. The Bertz CT molecular complexity index is 511. The van der Waals surface area contributed by atoms with E-state index in [0.717, 1.165) is 19.6 Å². The highest BCUT2D eigenvalue weighted by molar-refractivity contribution is 5.92. The number of carbonyl (C=O) groups is 1. The molecular weight excluding hydrogens is 262 g/mol. The first-order chi connectivity index (χ1) is 9.74. The zero-order chi connectivity index (χ0) is 13.9. The summed E-state index contributed by atoms with van der Waals surface area (Å²) in [5.41, 5.74) is 0.107. The normalized spacial score (nSPS) is 17.4. The summed E-state index contributed by atoms with van der Waals surface area (Å²) in [5, 5.41) is 9.22. The summed E-state index contributed by atoms with van der Waals surface area (Å²) < 4.78 is 16.1. The summed E-state index contributed by atoms with van der Waals surface area (Å²) in [6.45, 7) is 3.59. The van der Waals surface area contributed by atoms with E-state index in [4.69, 9.17) is 14.2 Å². The van der Waals surface area contributed by atoms with Gasteiger partial charge in [-0.2, -0.15) is 0 Å². The maximum absolute atomic E-state index is 11.3. The lowest BCUT2D eigenvalue weighted by atomic mass is 10.2. The van der Waals surface area contributed by atoms with Gasteiger partial charge in [-0.05, 0) is 25.9 Å². The summed E-state index contributed by atoms with van der Waals surface area (Å²) in [4.78, 5) is 13.6. The number of hydrogen-bond donors (Lipinski definition) is 1. The Kier molecular flexibility index (Phi) is 3.64. The van der Waals surface area contributed by atoms with Crippen molar-refractivity contribution < 1.29 is 24.1 Å². The van der Waals surface area contributed by atoms with Gasteiger partial charge in [0.1, 0.15) is 17.9 Å². The number of carboxylic acids is 1. The van der Waals surface area contributed by atoms with Crippen LogP contribution < -0.4 is 14.2 Å². The van der Waals surface area contributed by atoms with Crippen LogP contribution in [0.25, 0.3) is 0 Å². The lowest BCUT2D eigenvalue weighted by Crippen LogP contribution is -2.25. The average Bonchev–Trinajstić information content (AvgIpc) is 3.07. The Morgan fingerprint density at radius 2 is 1.95 bits per heavy atom. The second kappa shape index (κ2) is 5.58. The van der Waals surface area contributed by atoms with Gasteiger partial charge in [-0.15, -0.1) is 0 Å². The average molecular weight is 279 g/mol. The highest BCUT2D eigenvalue weighted by Gasteiger charge is 2.21. The van der Waals surface area contributed by atoms with Gasteiger partial charge in [0.2, 0.25) is 6.79 Å². The molecule has 0 atom stereocenters. The first-order valence-electron chi connectivity index (χ1n) is 6.76. The summed E-state index contributed by atoms with van der Waals surface area (Å²) in [7, 11) is 0. The molecule has 1 saturated heterocycles. The third-order valence-electron chi connectivity index (χ3n) is 3.57. The number of likely N-dealkylation sites (tertiary alicyclic amines) is 1. The number of ether oxygens (including phenoxy) is 3. The summed E-state index contributed by atoms with van der Waals surface area (Å²) in [6, 6.07) is 3.05. The van der Waals surface area contributed by atoms with E-state index in [2.05, 4.69) is 4.90 Å². The molecule has 0 aromatic heterocycles. The first-order valence-corrected chi connectivity index (χ1v) is 6.76. The fourth-order valence-electron chi connectivity index (χ4n) is 2.50. The molecule has 0 aliphatic carbocycles. The minimum atomic E-state index is -1.03. The van der Waals surface area contributed by atoms with Crippen LogP contribution in [0.15, 0.2) is 12.1 Å². The molecule has 2 heterocycles. The molecule has 1 aromatic rings. The molecule has 1 aromatic carbocycles. The highest BCUT2D eigenvalue weighted by atomic mass is 16.7. The molecule has 0 amide bonds. The molecule has 0 saturated carbocycles. The van der Waals surface area contributed by atoms with Gasteiger partial charge in [0.05, 0.1) is 0 Å². The molecule has 0 bridgehead atoms. The molecular formula is C14H17NO5. The van der Waals surface area contributed by atoms with E-state index >= 15 is 0 Å². The largest absolute Gasteiger partial charge is 0.491 e. The van der Waals surface area contributed by atoms with E-state index in [9.17, 15) is 9.90 Å². The molecule has 1 fully saturated rings. The standard InChI is InChI=1S/C14H17NO5/c16-14(17)10-7-12-13(20-9-19-12)8-11(10)18-6-5-15-3-1-2-4-15/h7-8H,1-6,9H2,(H,16,17). The molecule has 0 radical (unpaired) electrons. The lowest BCUT2D eigenvalue weighted by molar-refractivity contribution is 0.0691. The molecule has 0 spiro atoms. The summed E-state index contributed by atoms with van der Waals surface area (Å²) >= 11 is 0. The maximum Gasteiger partial charge on any atom is 0.339 e. The van der Waals surface area contributed by atoms with Crippen molar-refractivity contribution in [1.82, 2.24) is 4.90 Å². The second-order valence-corrected chi connectivity index (χ2v) is 4.90. The van der Waals surface area contributed by atoms with Crippen molar-refractivity contribution in [3.63, 3.8) is 0 Å². The molecule has 6 heteroatoms. The number of hydrogen-bond acceptors (Lipinski definition) is 5. The van der Waals surface area contributed by atoms with Crippen LogP contribution >= 0.6 is 0 Å². The quantitative estimate of drug-likeness (QED) is 0.882. The molecule has 1 N–H and O–H groups in total. The Hall–Kier alpha value is -1.95. The maximum atomic E-state index is 11.3. The van der Waals surface area contributed by atoms with Gasteiger partial charge < -0.3 is 19.3 Å². The van der Waals surface area contributed by atoms with Crippen LogP contribution in [-0.4, -0.2) is 49.0 Å². The minimum absolute atomic E-state index is 0.107. The van der Waals surface area contributed by atoms with Gasteiger partial charge in [0.25, 0.3) is 0 Å². The zero-order valence-electron chi connectivity index (χ0n) is 11.1. The molecule has 2 aliphatic heterocycles. The number of benzene rings is 1. The van der Waals surface area contributed by atoms with E-state index in [1.165, 1.54) is 18.9 Å². The number of aromatic carboxylic acids is 1. The van der Waals surface area contributed by atoms with Crippen molar-refractivity contribution in [3.8, 4) is 17.2 Å². The fourth-order valence-corrected chi connectivity index (χ4v) is 2.50. The van der Waals surface area contributed by atoms with Gasteiger partial charge in [-0.25, -0.2) is 4.79 Å². The molecule has 6 nitrogen and oxygen atoms in total. The SMILES string of the molecule is O=C(O)c1cc2c(cc1OCCN1CCCC1)OCO2. The van der Waals surface area contributed by atoms with E-state index in [1.807, 2.05) is 0 Å². The predicted octanol–water partition coefficient (Wildman–Crippen LogP) is 1.59. The van der Waals surface area contributed by atoms with Crippen LogP contribution in [0.1, 0.15) is 23.2 Å². The topological polar surface area (TPSA) is 68.2 Å². The summed E-state index contributed by atoms with van der Waals surface area (Å²) in [5.74, 6) is 0.292. The van der Waals surface area contributed by atoms with E-state index in [-0.39, 0.29) is 12.4 Å². The number of fused-ring (bicyclic) bond motifs is 1. The Balaban J connectivity index is 1.69. The minimum Gasteiger partial charge on any atom is -0.491 e. The van der Waals surface area contributed by atoms with Crippen LogP contribution in [-0.2, 0) is 0 Å². The number of rotatable bonds is 5. The van der Waals surface area contributed by atoms with Crippen molar-refractivity contribution in [3.05, 3.63) is 17.7 Å². The van der Waals surface area contributed by atoms with Gasteiger partial charge in [-0.1, -0.05) is 0 Å². The van der Waals surface area contributed by atoms with E-state index in [1.54, 1.807) is 6.07 Å². The Morgan fingerprint density at radius 1 is 1.25 bits per heavy atom. The molecule has 108 valence electrons. The van der Waals surface area contributed by atoms with Crippen LogP contribution in [0.2, 0.25) is 0 Å². The van der Waals surface area contributed by atoms with Gasteiger partial charge in [0.15, 0.2) is 11.5 Å². The zero-order valence-corrected chi connectivity index (χ0v) is 11.1. The van der Waals surface area contributed by atoms with Crippen molar-refractivity contribution in [2.75, 3.05) is 33.0 Å². The van der Waals surface area contributed by atoms with E-state index < -0.39 is 5.97 Å².